The van der Waals surface area contributed by atoms with Gasteiger partial charge in [-0.3, -0.25) is 4.79 Å². The van der Waals surface area contributed by atoms with E-state index in [4.69, 9.17) is 21.3 Å². The van der Waals surface area contributed by atoms with Crippen molar-refractivity contribution < 1.29 is 9.53 Å². The van der Waals surface area contributed by atoms with E-state index in [0.717, 1.165) is 30.5 Å². The Kier molecular flexibility index (Phi) is 6.23. The van der Waals surface area contributed by atoms with Crippen molar-refractivity contribution in [1.29, 1.82) is 0 Å². The number of ether oxygens (including phenoxy) is 1. The zero-order chi connectivity index (χ0) is 22.0. The number of carbonyl (C=O) groups excluding carboxylic acids is 1. The van der Waals surface area contributed by atoms with Crippen LogP contribution in [0.3, 0.4) is 0 Å². The number of rotatable bonds is 5. The Bertz CT molecular complexity index is 920. The summed E-state index contributed by atoms with van der Waals surface area (Å²) >= 11 is 5.94. The molecule has 166 valence electrons. The molecule has 0 bridgehead atoms. The van der Waals surface area contributed by atoms with Gasteiger partial charge in [0, 0.05) is 56.1 Å². The van der Waals surface area contributed by atoms with Gasteiger partial charge >= 0.3 is 0 Å². The van der Waals surface area contributed by atoms with Crippen LogP contribution in [0.2, 0.25) is 5.02 Å². The third-order valence-electron chi connectivity index (χ3n) is 5.81. The molecule has 1 aromatic heterocycles. The highest BCUT2D eigenvalue weighted by atomic mass is 35.5. The first-order valence-corrected chi connectivity index (χ1v) is 11.3. The number of piperazine rings is 1. The summed E-state index contributed by atoms with van der Waals surface area (Å²) in [4.78, 5) is 29.0. The summed E-state index contributed by atoms with van der Waals surface area (Å²) in [7, 11) is 0. The van der Waals surface area contributed by atoms with Gasteiger partial charge in [-0.15, -0.1) is 0 Å². The molecule has 4 rings (SSSR count). The highest BCUT2D eigenvalue weighted by Crippen LogP contribution is 2.25. The number of hydrogen-bond acceptors (Lipinski definition) is 6. The van der Waals surface area contributed by atoms with E-state index in [2.05, 4.69) is 20.9 Å². The minimum absolute atomic E-state index is 0.0231. The molecule has 2 aliphatic rings. The van der Waals surface area contributed by atoms with Gasteiger partial charge in [-0.2, -0.15) is 4.98 Å². The van der Waals surface area contributed by atoms with Crippen LogP contribution >= 0.6 is 11.6 Å². The van der Waals surface area contributed by atoms with Crippen LogP contribution in [0.15, 0.2) is 30.3 Å². The highest BCUT2D eigenvalue weighted by Gasteiger charge is 2.36. The number of hydrogen-bond donors (Lipinski definition) is 0. The largest absolute Gasteiger partial charge is 0.478 e. The van der Waals surface area contributed by atoms with E-state index in [1.54, 1.807) is 24.3 Å². The van der Waals surface area contributed by atoms with Crippen molar-refractivity contribution in [1.82, 2.24) is 14.9 Å². The van der Waals surface area contributed by atoms with E-state index < -0.39 is 5.60 Å². The molecule has 3 heterocycles. The predicted molar refractivity (Wildman–Crippen MR) is 123 cm³/mol. The molecular weight excluding hydrogens is 414 g/mol. The van der Waals surface area contributed by atoms with E-state index in [0.29, 0.717) is 37.0 Å². The molecule has 2 fully saturated rings. The van der Waals surface area contributed by atoms with Gasteiger partial charge in [0.1, 0.15) is 11.6 Å². The van der Waals surface area contributed by atoms with Crippen molar-refractivity contribution in [2.75, 3.05) is 49.1 Å². The van der Waals surface area contributed by atoms with Gasteiger partial charge in [-0.05, 0) is 57.9 Å². The fourth-order valence-electron chi connectivity index (χ4n) is 4.12. The first-order chi connectivity index (χ1) is 14.8. The molecule has 0 saturated carbocycles. The lowest BCUT2D eigenvalue weighted by Gasteiger charge is -2.38. The monoisotopic (exact) mass is 443 g/mol. The Labute approximate surface area is 189 Å². The summed E-state index contributed by atoms with van der Waals surface area (Å²) in [6.45, 7) is 10.4. The third kappa shape index (κ3) is 5.03. The molecule has 0 aliphatic carbocycles. The Morgan fingerprint density at radius 3 is 2.26 bits per heavy atom. The molecular formula is C23H30ClN5O2. The average Bonchev–Trinajstić information content (AvgIpc) is 3.29. The number of carbonyl (C=O) groups is 1. The molecule has 1 aromatic carbocycles. The van der Waals surface area contributed by atoms with Crippen LogP contribution in [-0.4, -0.2) is 65.6 Å². The van der Waals surface area contributed by atoms with Gasteiger partial charge < -0.3 is 19.4 Å². The Morgan fingerprint density at radius 1 is 0.968 bits per heavy atom. The van der Waals surface area contributed by atoms with E-state index >= 15 is 0 Å². The van der Waals surface area contributed by atoms with Crippen LogP contribution < -0.4 is 14.5 Å². The Balaban J connectivity index is 1.39. The number of benzene rings is 1. The molecule has 2 aromatic rings. The van der Waals surface area contributed by atoms with Crippen LogP contribution in [0.1, 0.15) is 32.4 Å². The van der Waals surface area contributed by atoms with Crippen LogP contribution in [-0.2, 0) is 4.79 Å². The Hall–Kier alpha value is -2.54. The number of amides is 1. The Morgan fingerprint density at radius 2 is 1.61 bits per heavy atom. The summed E-state index contributed by atoms with van der Waals surface area (Å²) in [6.07, 6.45) is 2.43. The van der Waals surface area contributed by atoms with Crippen molar-refractivity contribution in [2.24, 2.45) is 0 Å². The lowest BCUT2D eigenvalue weighted by molar-refractivity contribution is -0.145. The van der Waals surface area contributed by atoms with Gasteiger partial charge in [0.15, 0.2) is 5.60 Å². The summed E-state index contributed by atoms with van der Waals surface area (Å²) in [6, 6.07) is 9.14. The maximum absolute atomic E-state index is 13.1. The summed E-state index contributed by atoms with van der Waals surface area (Å²) in [5, 5.41) is 0.638. The lowest BCUT2D eigenvalue weighted by atomic mass is 10.1. The molecule has 2 aliphatic heterocycles. The maximum atomic E-state index is 13.1. The fourth-order valence-corrected chi connectivity index (χ4v) is 4.24. The topological polar surface area (TPSA) is 61.8 Å². The molecule has 2 saturated heterocycles. The van der Waals surface area contributed by atoms with Crippen LogP contribution in [0.4, 0.5) is 11.8 Å². The summed E-state index contributed by atoms with van der Waals surface area (Å²) < 4.78 is 5.98. The molecule has 0 N–H and O–H groups in total. The van der Waals surface area contributed by atoms with Crippen molar-refractivity contribution in [2.45, 2.75) is 39.2 Å². The zero-order valence-corrected chi connectivity index (χ0v) is 19.2. The standard InChI is InChI=1S/C23H30ClN5O2/c1-17-16-20(27-10-4-5-11-27)26-22(25-17)29-14-12-28(13-15-29)21(30)23(2,3)31-19-8-6-18(24)7-9-19/h6-9,16H,4-5,10-15H2,1-3H3. The SMILES string of the molecule is Cc1cc(N2CCCC2)nc(N2CCN(C(=O)C(C)(C)Oc3ccc(Cl)cc3)CC2)n1. The van der Waals surface area contributed by atoms with E-state index in [1.807, 2.05) is 25.7 Å². The molecule has 31 heavy (non-hydrogen) atoms. The number of aryl methyl sites for hydroxylation is 1. The van der Waals surface area contributed by atoms with Crippen LogP contribution in [0, 0.1) is 6.92 Å². The second-order valence-electron chi connectivity index (χ2n) is 8.71. The average molecular weight is 444 g/mol. The second-order valence-corrected chi connectivity index (χ2v) is 9.14. The van der Waals surface area contributed by atoms with Gasteiger partial charge in [-0.1, -0.05) is 11.6 Å². The molecule has 7 nitrogen and oxygen atoms in total. The first-order valence-electron chi connectivity index (χ1n) is 10.9. The molecule has 1 amide bonds. The highest BCUT2D eigenvalue weighted by molar-refractivity contribution is 6.30. The normalized spacial score (nSPS) is 17.2. The van der Waals surface area contributed by atoms with Crippen molar-refractivity contribution >= 4 is 29.3 Å². The zero-order valence-electron chi connectivity index (χ0n) is 18.5. The van der Waals surface area contributed by atoms with E-state index in [9.17, 15) is 4.79 Å². The van der Waals surface area contributed by atoms with E-state index in [-0.39, 0.29) is 5.91 Å². The third-order valence-corrected chi connectivity index (χ3v) is 6.06. The maximum Gasteiger partial charge on any atom is 0.266 e. The molecule has 0 spiro atoms. The number of anilines is 2. The number of aromatic nitrogens is 2. The van der Waals surface area contributed by atoms with Gasteiger partial charge in [0.25, 0.3) is 5.91 Å². The van der Waals surface area contributed by atoms with Gasteiger partial charge in [-0.25, -0.2) is 4.98 Å². The smallest absolute Gasteiger partial charge is 0.266 e. The van der Waals surface area contributed by atoms with Crippen molar-refractivity contribution in [3.05, 3.63) is 41.0 Å². The molecule has 8 heteroatoms. The predicted octanol–water partition coefficient (Wildman–Crippen LogP) is 3.54. The van der Waals surface area contributed by atoms with Crippen molar-refractivity contribution in [3.8, 4) is 5.75 Å². The first kappa shape index (κ1) is 21.7. The quantitative estimate of drug-likeness (QED) is 0.704. The second kappa shape index (κ2) is 8.91. The van der Waals surface area contributed by atoms with Gasteiger partial charge in [0.2, 0.25) is 5.95 Å². The van der Waals surface area contributed by atoms with Gasteiger partial charge in [0.05, 0.1) is 0 Å². The minimum atomic E-state index is -0.960. The number of nitrogens with zero attached hydrogens (tertiary/aromatic N) is 5. The summed E-state index contributed by atoms with van der Waals surface area (Å²) in [5.41, 5.74) is 0.0153. The lowest BCUT2D eigenvalue weighted by Crippen LogP contribution is -2.56. The van der Waals surface area contributed by atoms with Crippen molar-refractivity contribution in [3.63, 3.8) is 0 Å². The van der Waals surface area contributed by atoms with Crippen LogP contribution in [0.25, 0.3) is 0 Å². The fraction of sp³-hybridized carbons (Fsp3) is 0.522. The number of halogens is 1. The molecule has 0 atom stereocenters. The molecule has 0 unspecified atom stereocenters. The minimum Gasteiger partial charge on any atom is -0.478 e. The molecule has 0 radical (unpaired) electrons. The van der Waals surface area contributed by atoms with Crippen LogP contribution in [0.5, 0.6) is 5.75 Å². The van der Waals surface area contributed by atoms with E-state index in [1.165, 1.54) is 12.8 Å². The summed E-state index contributed by atoms with van der Waals surface area (Å²) in [5.74, 6) is 2.37.